The Hall–Kier alpha value is -1.12. The molecule has 2 unspecified atom stereocenters. The van der Waals surface area contributed by atoms with E-state index < -0.39 is 0 Å². The van der Waals surface area contributed by atoms with Crippen LogP contribution >= 0.6 is 0 Å². The molecule has 5 nitrogen and oxygen atoms in total. The molecule has 0 aromatic rings. The maximum Gasteiger partial charge on any atom is 0.246 e. The molecule has 1 aliphatic carbocycles. The van der Waals surface area contributed by atoms with Gasteiger partial charge in [-0.1, -0.05) is 12.8 Å². The van der Waals surface area contributed by atoms with Crippen molar-refractivity contribution in [1.82, 2.24) is 10.6 Å². The predicted octanol–water partition coefficient (Wildman–Crippen LogP) is 0.563. The van der Waals surface area contributed by atoms with Crippen LogP contribution in [0.25, 0.3) is 0 Å². The smallest absolute Gasteiger partial charge is 0.246 e. The van der Waals surface area contributed by atoms with E-state index in [0.717, 1.165) is 12.8 Å². The lowest BCUT2D eigenvalue weighted by molar-refractivity contribution is -0.128. The van der Waals surface area contributed by atoms with E-state index >= 15 is 0 Å². The molecule has 1 saturated carbocycles. The van der Waals surface area contributed by atoms with Crippen molar-refractivity contribution >= 4 is 5.91 Å². The Bertz CT molecular complexity index is 275. The molecule has 0 aromatic heterocycles. The quantitative estimate of drug-likeness (QED) is 0.664. The molecule has 0 heterocycles. The van der Waals surface area contributed by atoms with E-state index in [1.807, 2.05) is 13.1 Å². The number of likely N-dealkylation sites (N-methyl/N-ethyl adjacent to an activating group) is 1. The van der Waals surface area contributed by atoms with Crippen molar-refractivity contribution in [2.45, 2.75) is 44.2 Å². The first-order valence-corrected chi connectivity index (χ1v) is 6.20. The average molecular weight is 239 g/mol. The molecule has 0 saturated heterocycles. The summed E-state index contributed by atoms with van der Waals surface area (Å²) in [5.74, 6) is -0.138. The molecule has 1 amide bonds. The van der Waals surface area contributed by atoms with Gasteiger partial charge in [0.1, 0.15) is 6.61 Å². The maximum atomic E-state index is 11.4. The molecule has 0 spiro atoms. The van der Waals surface area contributed by atoms with Crippen molar-refractivity contribution in [3.8, 4) is 6.07 Å². The van der Waals surface area contributed by atoms with E-state index in [1.165, 1.54) is 12.8 Å². The van der Waals surface area contributed by atoms with Gasteiger partial charge in [-0.15, -0.1) is 0 Å². The number of carbonyl (C=O) groups excluding carboxylic acids is 1. The molecule has 1 aliphatic rings. The van der Waals surface area contributed by atoms with Gasteiger partial charge in [0.25, 0.3) is 0 Å². The minimum atomic E-state index is -0.138. The number of nitrogens with one attached hydrogen (secondary N) is 2. The lowest BCUT2D eigenvalue weighted by Crippen LogP contribution is -2.43. The fourth-order valence-electron chi connectivity index (χ4n) is 2.12. The summed E-state index contributed by atoms with van der Waals surface area (Å²) >= 11 is 0. The Morgan fingerprint density at radius 2 is 2.24 bits per heavy atom. The van der Waals surface area contributed by atoms with Crippen LogP contribution < -0.4 is 10.6 Å². The zero-order valence-corrected chi connectivity index (χ0v) is 10.4. The molecular formula is C12H21N3O2. The summed E-state index contributed by atoms with van der Waals surface area (Å²) < 4.78 is 5.62. The first-order valence-electron chi connectivity index (χ1n) is 6.20. The Morgan fingerprint density at radius 1 is 1.47 bits per heavy atom. The highest BCUT2D eigenvalue weighted by atomic mass is 16.5. The van der Waals surface area contributed by atoms with Gasteiger partial charge in [0.2, 0.25) is 5.91 Å². The third-order valence-corrected chi connectivity index (χ3v) is 3.06. The molecule has 2 atom stereocenters. The largest absolute Gasteiger partial charge is 0.367 e. The molecule has 5 heteroatoms. The minimum absolute atomic E-state index is 0.0915. The number of hydrogen-bond acceptors (Lipinski definition) is 4. The zero-order valence-electron chi connectivity index (χ0n) is 10.4. The number of amides is 1. The van der Waals surface area contributed by atoms with Crippen LogP contribution in [0.3, 0.4) is 0 Å². The van der Waals surface area contributed by atoms with Crippen molar-refractivity contribution in [2.24, 2.45) is 0 Å². The van der Waals surface area contributed by atoms with Crippen LogP contribution in [-0.4, -0.2) is 38.3 Å². The third-order valence-electron chi connectivity index (χ3n) is 3.06. The average Bonchev–Trinajstić information content (AvgIpc) is 2.37. The van der Waals surface area contributed by atoms with Crippen molar-refractivity contribution in [3.63, 3.8) is 0 Å². The molecule has 17 heavy (non-hydrogen) atoms. The van der Waals surface area contributed by atoms with Crippen molar-refractivity contribution in [1.29, 1.82) is 5.26 Å². The lowest BCUT2D eigenvalue weighted by atomic mass is 9.92. The normalized spacial score (nSPS) is 24.0. The number of hydrogen-bond donors (Lipinski definition) is 2. The van der Waals surface area contributed by atoms with E-state index in [4.69, 9.17) is 10.00 Å². The molecule has 0 aromatic carbocycles. The van der Waals surface area contributed by atoms with Crippen molar-refractivity contribution in [2.75, 3.05) is 20.2 Å². The van der Waals surface area contributed by atoms with Crippen LogP contribution in [-0.2, 0) is 9.53 Å². The summed E-state index contributed by atoms with van der Waals surface area (Å²) in [7, 11) is 1.93. The van der Waals surface area contributed by atoms with Gasteiger partial charge in [0.15, 0.2) is 0 Å². The van der Waals surface area contributed by atoms with Crippen LogP contribution in [0.5, 0.6) is 0 Å². The highest BCUT2D eigenvalue weighted by Crippen LogP contribution is 2.20. The van der Waals surface area contributed by atoms with Crippen LogP contribution in [0.15, 0.2) is 0 Å². The van der Waals surface area contributed by atoms with Gasteiger partial charge < -0.3 is 15.4 Å². The predicted molar refractivity (Wildman–Crippen MR) is 64.3 cm³/mol. The first kappa shape index (κ1) is 13.9. The van der Waals surface area contributed by atoms with Crippen molar-refractivity contribution in [3.05, 3.63) is 0 Å². The van der Waals surface area contributed by atoms with Gasteiger partial charge in [-0.25, -0.2) is 0 Å². The first-order chi connectivity index (χ1) is 8.27. The molecule has 96 valence electrons. The monoisotopic (exact) mass is 239 g/mol. The zero-order chi connectivity index (χ0) is 12.5. The Morgan fingerprint density at radius 3 is 2.94 bits per heavy atom. The lowest BCUT2D eigenvalue weighted by Gasteiger charge is -2.30. The number of rotatable bonds is 6. The van der Waals surface area contributed by atoms with E-state index in [1.54, 1.807) is 0 Å². The van der Waals surface area contributed by atoms with Crippen molar-refractivity contribution < 1.29 is 9.53 Å². The molecule has 2 N–H and O–H groups in total. The van der Waals surface area contributed by atoms with Crippen LogP contribution in [0.4, 0.5) is 0 Å². The molecule has 0 radical (unpaired) electrons. The van der Waals surface area contributed by atoms with Crippen LogP contribution in [0.2, 0.25) is 0 Å². The number of nitrogens with zero attached hydrogens (tertiary/aromatic N) is 1. The number of carbonyl (C=O) groups is 1. The van der Waals surface area contributed by atoms with Gasteiger partial charge >= 0.3 is 0 Å². The van der Waals surface area contributed by atoms with E-state index in [-0.39, 0.29) is 18.6 Å². The summed E-state index contributed by atoms with van der Waals surface area (Å²) in [6, 6.07) is 2.34. The van der Waals surface area contributed by atoms with Gasteiger partial charge in [0, 0.05) is 12.6 Å². The fraction of sp³-hybridized carbons (Fsp3) is 0.833. The fourth-order valence-corrected chi connectivity index (χ4v) is 2.12. The Labute approximate surface area is 103 Å². The topological polar surface area (TPSA) is 74.2 Å². The highest BCUT2D eigenvalue weighted by Gasteiger charge is 2.24. The highest BCUT2D eigenvalue weighted by molar-refractivity contribution is 5.77. The Balaban J connectivity index is 2.19. The van der Waals surface area contributed by atoms with E-state index in [0.29, 0.717) is 19.0 Å². The molecular weight excluding hydrogens is 218 g/mol. The van der Waals surface area contributed by atoms with Gasteiger partial charge in [0.05, 0.1) is 18.6 Å². The minimum Gasteiger partial charge on any atom is -0.367 e. The molecule has 0 aliphatic heterocycles. The van der Waals surface area contributed by atoms with Crippen LogP contribution in [0.1, 0.15) is 32.1 Å². The number of nitriles is 1. The second-order valence-electron chi connectivity index (χ2n) is 4.29. The molecule has 1 fully saturated rings. The van der Waals surface area contributed by atoms with Crippen LogP contribution in [0, 0.1) is 11.3 Å². The standard InChI is InChI=1S/C12H21N3O2/c1-14-10-5-2-3-6-11(10)17-9-12(16)15-8-4-7-13/h10-11,14H,2-6,8-9H2,1H3,(H,15,16). The maximum absolute atomic E-state index is 11.4. The van der Waals surface area contributed by atoms with E-state index in [9.17, 15) is 4.79 Å². The summed E-state index contributed by atoms with van der Waals surface area (Å²) in [4.78, 5) is 11.4. The summed E-state index contributed by atoms with van der Waals surface area (Å²) in [6.45, 7) is 0.493. The molecule has 1 rings (SSSR count). The summed E-state index contributed by atoms with van der Waals surface area (Å²) in [5, 5.41) is 14.2. The SMILES string of the molecule is CNC1CCCCC1OCC(=O)NCCC#N. The van der Waals surface area contributed by atoms with Gasteiger partial charge in [-0.05, 0) is 19.9 Å². The van der Waals surface area contributed by atoms with Gasteiger partial charge in [-0.3, -0.25) is 4.79 Å². The van der Waals surface area contributed by atoms with Gasteiger partial charge in [-0.2, -0.15) is 5.26 Å². The second kappa shape index (κ2) is 8.04. The van der Waals surface area contributed by atoms with E-state index in [2.05, 4.69) is 10.6 Å². The summed E-state index contributed by atoms with van der Waals surface area (Å²) in [5.41, 5.74) is 0. The summed E-state index contributed by atoms with van der Waals surface area (Å²) in [6.07, 6.45) is 4.98. The number of ether oxygens (including phenoxy) is 1. The Kier molecular flexibility index (Phi) is 6.60. The second-order valence-corrected chi connectivity index (χ2v) is 4.29. The molecule has 0 bridgehead atoms. The third kappa shape index (κ3) is 5.16.